The van der Waals surface area contributed by atoms with Crippen molar-refractivity contribution in [3.63, 3.8) is 0 Å². The molecule has 0 N–H and O–H groups in total. The first kappa shape index (κ1) is 21.8. The van der Waals surface area contributed by atoms with E-state index in [4.69, 9.17) is 10.6 Å². The van der Waals surface area contributed by atoms with Crippen LogP contribution in [0.5, 0.6) is 0 Å². The van der Waals surface area contributed by atoms with E-state index in [0.717, 1.165) is 30.9 Å². The Bertz CT molecular complexity index is 539. The molecule has 0 heterocycles. The van der Waals surface area contributed by atoms with Crippen LogP contribution in [0.3, 0.4) is 0 Å². The van der Waals surface area contributed by atoms with Gasteiger partial charge < -0.3 is 10.6 Å². The number of hydrogen-bond acceptors (Lipinski definition) is 0. The molecule has 0 atom stereocenters. The van der Waals surface area contributed by atoms with Crippen LogP contribution >= 0.6 is 26.3 Å². The van der Waals surface area contributed by atoms with E-state index in [1.165, 1.54) is 22.3 Å². The quantitative estimate of drug-likeness (QED) is 0.295. The average molecular weight is 488 g/mol. The van der Waals surface area contributed by atoms with Gasteiger partial charge >= 0.3 is 41.3 Å². The molecule has 24 heavy (non-hydrogen) atoms. The fourth-order valence-corrected chi connectivity index (χ4v) is 2.56. The van der Waals surface area contributed by atoms with Crippen molar-refractivity contribution in [2.45, 2.75) is 34.1 Å². The standard InChI is InChI=1S/C19H24N2.2BrH.Ti/c1-14-8-5-9-15(2)18(14)20-12-7-13-21-19-16(3)10-6-11-17(19)4;;;/h5-6,8-11H,7,12-13H2,1-4H3;2*1H;/q-2;;;+2/p-2. The van der Waals surface area contributed by atoms with E-state index in [1.54, 1.807) is 0 Å². The molecule has 0 aliphatic carbocycles. The van der Waals surface area contributed by atoms with Gasteiger partial charge in [-0.05, 0) is 27.7 Å². The van der Waals surface area contributed by atoms with Gasteiger partial charge in [0.25, 0.3) is 0 Å². The van der Waals surface area contributed by atoms with Gasteiger partial charge in [-0.15, -0.1) is 24.5 Å². The number of benzene rings is 2. The Balaban J connectivity index is 0.000000891. The first-order valence-corrected chi connectivity index (χ1v) is 15.7. The van der Waals surface area contributed by atoms with Crippen molar-refractivity contribution in [2.75, 3.05) is 13.1 Å². The predicted molar refractivity (Wildman–Crippen MR) is 110 cm³/mol. The van der Waals surface area contributed by atoms with Crippen LogP contribution in [0.4, 0.5) is 11.4 Å². The summed E-state index contributed by atoms with van der Waals surface area (Å²) in [6, 6.07) is 12.6. The molecule has 0 aliphatic heterocycles. The van der Waals surface area contributed by atoms with Crippen molar-refractivity contribution in [1.82, 2.24) is 0 Å². The minimum absolute atomic E-state index is 0.125. The summed E-state index contributed by atoms with van der Waals surface area (Å²) in [5.74, 6) is 0. The van der Waals surface area contributed by atoms with E-state index < -0.39 is 0 Å². The number of aryl methyl sites for hydroxylation is 4. The molecule has 0 fully saturated rings. The second-order valence-corrected chi connectivity index (χ2v) is 13.5. The second-order valence-electron chi connectivity index (χ2n) is 5.67. The van der Waals surface area contributed by atoms with E-state index in [-0.39, 0.29) is 15.0 Å². The number of halogens is 2. The van der Waals surface area contributed by atoms with Crippen LogP contribution in [0.25, 0.3) is 10.6 Å². The first-order valence-electron chi connectivity index (χ1n) is 7.95. The SMILES string of the molecule is Cc1cccc(C)c1[N-]CCC[N-]c1c(C)cccc1C.[Br][Ti][Br]. The zero-order chi connectivity index (χ0) is 17.9. The fourth-order valence-electron chi connectivity index (χ4n) is 2.56. The van der Waals surface area contributed by atoms with Gasteiger partial charge in [0.05, 0.1) is 0 Å². The molecule has 2 aromatic rings. The molecule has 2 rings (SSSR count). The second kappa shape index (κ2) is 12.1. The summed E-state index contributed by atoms with van der Waals surface area (Å²) >= 11 is 6.50. The van der Waals surface area contributed by atoms with E-state index in [2.05, 4.69) is 90.4 Å². The third-order valence-electron chi connectivity index (χ3n) is 3.74. The van der Waals surface area contributed by atoms with Crippen LogP contribution in [0.2, 0.25) is 0 Å². The van der Waals surface area contributed by atoms with Crippen LogP contribution < -0.4 is 0 Å². The first-order chi connectivity index (χ1) is 11.5. The van der Waals surface area contributed by atoms with Crippen molar-refractivity contribution >= 4 is 37.7 Å². The summed E-state index contributed by atoms with van der Waals surface area (Å²) in [5.41, 5.74) is 7.29. The molecule has 130 valence electrons. The van der Waals surface area contributed by atoms with Crippen molar-refractivity contribution in [3.05, 3.63) is 69.3 Å². The summed E-state index contributed by atoms with van der Waals surface area (Å²) in [4.78, 5) is 0. The van der Waals surface area contributed by atoms with E-state index in [9.17, 15) is 0 Å². The van der Waals surface area contributed by atoms with Gasteiger partial charge in [0.1, 0.15) is 0 Å². The summed E-state index contributed by atoms with van der Waals surface area (Å²) in [6.45, 7) is 10.1. The van der Waals surface area contributed by atoms with Crippen LogP contribution in [0, 0.1) is 27.7 Å². The molecule has 0 saturated heterocycles. The minimum atomic E-state index is 0.125. The third kappa shape index (κ3) is 7.30. The topological polar surface area (TPSA) is 28.2 Å². The number of para-hydroxylation sites is 2. The van der Waals surface area contributed by atoms with Crippen molar-refractivity contribution in [3.8, 4) is 0 Å². The van der Waals surface area contributed by atoms with Crippen molar-refractivity contribution in [2.24, 2.45) is 0 Å². The normalized spacial score (nSPS) is 9.75. The molecule has 0 spiro atoms. The molecule has 0 unspecified atom stereocenters. The average Bonchev–Trinajstić information content (AvgIpc) is 2.53. The monoisotopic (exact) mass is 486 g/mol. The zero-order valence-electron chi connectivity index (χ0n) is 14.7. The van der Waals surface area contributed by atoms with Crippen LogP contribution in [0.1, 0.15) is 28.7 Å². The maximum absolute atomic E-state index is 4.72. The molecule has 2 aromatic carbocycles. The Kier molecular flexibility index (Phi) is 11.0. The van der Waals surface area contributed by atoms with Gasteiger partial charge in [0, 0.05) is 0 Å². The van der Waals surface area contributed by atoms with E-state index in [1.807, 2.05) is 0 Å². The molecule has 0 bridgehead atoms. The van der Waals surface area contributed by atoms with E-state index >= 15 is 0 Å². The van der Waals surface area contributed by atoms with Gasteiger partial charge in [0.15, 0.2) is 0 Å². The predicted octanol–water partition coefficient (Wildman–Crippen LogP) is 7.71. The van der Waals surface area contributed by atoms with Crippen molar-refractivity contribution in [1.29, 1.82) is 0 Å². The molecule has 5 heteroatoms. The molecule has 0 amide bonds. The zero-order valence-corrected chi connectivity index (χ0v) is 19.5. The summed E-state index contributed by atoms with van der Waals surface area (Å²) < 4.78 is 0. The maximum atomic E-state index is 4.72. The number of nitrogens with zero attached hydrogens (tertiary/aromatic N) is 2. The molecule has 0 aliphatic rings. The Morgan fingerprint density at radius 3 is 1.29 bits per heavy atom. The molecular weight excluding hydrogens is 464 g/mol. The van der Waals surface area contributed by atoms with Gasteiger partial charge in [-0.25, -0.2) is 0 Å². The molecule has 0 radical (unpaired) electrons. The van der Waals surface area contributed by atoms with Gasteiger partial charge in [-0.1, -0.05) is 65.1 Å². The van der Waals surface area contributed by atoms with Gasteiger partial charge in [0.2, 0.25) is 0 Å². The third-order valence-corrected chi connectivity index (χ3v) is 3.74. The fraction of sp³-hybridized carbons (Fsp3) is 0.368. The molecule has 0 aromatic heterocycles. The molecular formula is C19H24Br2N2Ti-2. The van der Waals surface area contributed by atoms with E-state index in [0.29, 0.717) is 0 Å². The Morgan fingerprint density at radius 2 is 1.00 bits per heavy atom. The number of hydrogen-bond donors (Lipinski definition) is 0. The van der Waals surface area contributed by atoms with Gasteiger partial charge in [-0.2, -0.15) is 0 Å². The van der Waals surface area contributed by atoms with Gasteiger partial charge in [-0.3, -0.25) is 0 Å². The summed E-state index contributed by atoms with van der Waals surface area (Å²) in [5, 5.41) is 9.44. The summed E-state index contributed by atoms with van der Waals surface area (Å²) in [6.07, 6.45) is 0.988. The van der Waals surface area contributed by atoms with Crippen LogP contribution in [-0.4, -0.2) is 13.1 Å². The molecule has 0 saturated carbocycles. The van der Waals surface area contributed by atoms with Crippen LogP contribution in [-0.2, 0) is 15.0 Å². The Labute approximate surface area is 168 Å². The number of rotatable bonds is 6. The summed E-state index contributed by atoms with van der Waals surface area (Å²) in [7, 11) is 0. The van der Waals surface area contributed by atoms with Crippen LogP contribution in [0.15, 0.2) is 36.4 Å². The molecule has 2 nitrogen and oxygen atoms in total. The van der Waals surface area contributed by atoms with Crippen molar-refractivity contribution < 1.29 is 15.0 Å². The Morgan fingerprint density at radius 1 is 0.708 bits per heavy atom. The Hall–Kier alpha value is -0.286.